The molecule has 1 aliphatic rings. The molecule has 1 fully saturated rings. The molecule has 1 aromatic heterocycles. The molecule has 2 N–H and O–H groups in total. The van der Waals surface area contributed by atoms with E-state index in [0.717, 1.165) is 23.5 Å². The summed E-state index contributed by atoms with van der Waals surface area (Å²) in [6.07, 6.45) is 1.88. The number of carbonyl (C=O) groups excluding carboxylic acids is 1. The number of carbonyl (C=O) groups is 1. The molecule has 0 spiro atoms. The van der Waals surface area contributed by atoms with Gasteiger partial charge >= 0.3 is 0 Å². The van der Waals surface area contributed by atoms with E-state index in [1.165, 1.54) is 23.5 Å². The van der Waals surface area contributed by atoms with Crippen molar-refractivity contribution in [2.24, 2.45) is 0 Å². The first-order valence-electron chi connectivity index (χ1n) is 9.12. The van der Waals surface area contributed by atoms with Gasteiger partial charge in [-0.25, -0.2) is 13.4 Å². The number of hydrazine groups is 1. The second kappa shape index (κ2) is 8.99. The molecule has 0 saturated carbocycles. The Hall–Kier alpha value is -2.01. The van der Waals surface area contributed by atoms with E-state index in [9.17, 15) is 13.2 Å². The minimum Gasteiger partial charge on any atom is -0.378 e. The van der Waals surface area contributed by atoms with Gasteiger partial charge in [0, 0.05) is 13.1 Å². The van der Waals surface area contributed by atoms with Crippen LogP contribution in [0.4, 0.5) is 5.13 Å². The van der Waals surface area contributed by atoms with Crippen LogP contribution in [0.1, 0.15) is 34.3 Å². The van der Waals surface area contributed by atoms with Gasteiger partial charge in [0.15, 0.2) is 5.13 Å². The van der Waals surface area contributed by atoms with Crippen LogP contribution < -0.4 is 15.2 Å². The second-order valence-corrected chi connectivity index (χ2v) is 9.12. The van der Waals surface area contributed by atoms with E-state index in [4.69, 9.17) is 4.74 Å². The lowest BCUT2D eigenvalue weighted by molar-refractivity contribution is 0.0948. The average Bonchev–Trinajstić information content (AvgIpc) is 3.09. The van der Waals surface area contributed by atoms with E-state index in [-0.39, 0.29) is 4.90 Å². The van der Waals surface area contributed by atoms with Crippen molar-refractivity contribution in [1.82, 2.24) is 15.2 Å². The number of nitrogens with zero attached hydrogens (tertiary/aromatic N) is 2. The first-order chi connectivity index (χ1) is 13.4. The van der Waals surface area contributed by atoms with E-state index in [0.29, 0.717) is 36.9 Å². The molecule has 152 valence electrons. The van der Waals surface area contributed by atoms with Crippen molar-refractivity contribution in [2.45, 2.75) is 31.6 Å². The lowest BCUT2D eigenvalue weighted by Crippen LogP contribution is -2.41. The normalized spacial score (nSPS) is 14.9. The van der Waals surface area contributed by atoms with E-state index < -0.39 is 15.9 Å². The van der Waals surface area contributed by atoms with Gasteiger partial charge in [0.1, 0.15) is 4.88 Å². The molecule has 0 aliphatic carbocycles. The van der Waals surface area contributed by atoms with Gasteiger partial charge in [-0.05, 0) is 31.0 Å². The Kier molecular flexibility index (Phi) is 6.65. The van der Waals surface area contributed by atoms with Crippen LogP contribution in [-0.2, 0) is 21.2 Å². The summed E-state index contributed by atoms with van der Waals surface area (Å²) in [5.74, 6) is -0.527. The molecule has 2 aromatic rings. The summed E-state index contributed by atoms with van der Waals surface area (Å²) in [7, 11) is -3.85. The topological polar surface area (TPSA) is 101 Å². The molecule has 0 atom stereocenters. The predicted molar refractivity (Wildman–Crippen MR) is 108 cm³/mol. The highest BCUT2D eigenvalue weighted by Crippen LogP contribution is 2.26. The van der Waals surface area contributed by atoms with E-state index in [2.05, 4.69) is 27.1 Å². The van der Waals surface area contributed by atoms with Crippen molar-refractivity contribution in [3.05, 3.63) is 40.4 Å². The molecule has 8 nitrogen and oxygen atoms in total. The minimum absolute atomic E-state index is 0.0997. The summed E-state index contributed by atoms with van der Waals surface area (Å²) in [5, 5.41) is 0.736. The average molecular weight is 425 g/mol. The molecule has 0 unspecified atom stereocenters. The summed E-state index contributed by atoms with van der Waals surface area (Å²) in [6, 6.07) is 6.63. The largest absolute Gasteiger partial charge is 0.378 e. The number of hydrogen-bond acceptors (Lipinski definition) is 7. The zero-order valence-electron chi connectivity index (χ0n) is 15.9. The fraction of sp³-hybridized carbons (Fsp3) is 0.444. The number of hydrogen-bond donors (Lipinski definition) is 2. The number of ether oxygens (including phenoxy) is 1. The maximum atomic E-state index is 12.5. The third-order valence-electron chi connectivity index (χ3n) is 4.34. The molecule has 1 aromatic carbocycles. The quantitative estimate of drug-likeness (QED) is 0.658. The highest BCUT2D eigenvalue weighted by Gasteiger charge is 2.22. The van der Waals surface area contributed by atoms with Crippen molar-refractivity contribution in [3.63, 3.8) is 0 Å². The third kappa shape index (κ3) is 4.88. The number of amides is 1. The molecule has 3 rings (SSSR count). The van der Waals surface area contributed by atoms with Crippen molar-refractivity contribution < 1.29 is 17.9 Å². The summed E-state index contributed by atoms with van der Waals surface area (Å²) >= 11 is 1.24. The molecule has 1 amide bonds. The standard InChI is InChI=1S/C18H24N4O4S2/c1-3-4-14-5-7-15(8-6-14)28(24,25)21-20-17(23)16-13(2)19-18(27-16)22-9-11-26-12-10-22/h5-8,21H,3-4,9-12H2,1-2H3,(H,20,23). The van der Waals surface area contributed by atoms with Gasteiger partial charge in [0.25, 0.3) is 15.9 Å². The fourth-order valence-corrected chi connectivity index (χ4v) is 4.69. The highest BCUT2D eigenvalue weighted by atomic mass is 32.2. The molecular weight excluding hydrogens is 400 g/mol. The van der Waals surface area contributed by atoms with Gasteiger partial charge in [0.05, 0.1) is 23.8 Å². The van der Waals surface area contributed by atoms with Crippen molar-refractivity contribution in [3.8, 4) is 0 Å². The number of anilines is 1. The van der Waals surface area contributed by atoms with Crippen LogP contribution in [0.25, 0.3) is 0 Å². The molecule has 0 bridgehead atoms. The van der Waals surface area contributed by atoms with Crippen LogP contribution >= 0.6 is 11.3 Å². The van der Waals surface area contributed by atoms with Crippen LogP contribution in [-0.4, -0.2) is 45.6 Å². The van der Waals surface area contributed by atoms with Gasteiger partial charge in [-0.15, -0.1) is 4.83 Å². The Labute approximate surface area is 168 Å². The summed E-state index contributed by atoms with van der Waals surface area (Å²) in [4.78, 5) is 21.6. The lowest BCUT2D eigenvalue weighted by atomic mass is 10.1. The predicted octanol–water partition coefficient (Wildman–Crippen LogP) is 1.86. The van der Waals surface area contributed by atoms with Gasteiger partial charge in [0.2, 0.25) is 0 Å². The summed E-state index contributed by atoms with van der Waals surface area (Å²) < 4.78 is 30.2. The monoisotopic (exact) mass is 424 g/mol. The third-order valence-corrected chi connectivity index (χ3v) is 6.82. The Balaban J connectivity index is 1.65. The molecule has 1 aliphatic heterocycles. The van der Waals surface area contributed by atoms with Gasteiger partial charge in [-0.3, -0.25) is 10.2 Å². The number of rotatable bonds is 7. The molecule has 1 saturated heterocycles. The SMILES string of the molecule is CCCc1ccc(S(=O)(=O)NNC(=O)c2sc(N3CCOCC3)nc2C)cc1. The molecule has 28 heavy (non-hydrogen) atoms. The number of morpholine rings is 1. The van der Waals surface area contributed by atoms with E-state index in [1.54, 1.807) is 19.1 Å². The summed E-state index contributed by atoms with van der Waals surface area (Å²) in [5.41, 5.74) is 3.92. The molecule has 2 heterocycles. The number of thiazole rings is 1. The maximum Gasteiger partial charge on any atom is 0.278 e. The van der Waals surface area contributed by atoms with Crippen LogP contribution in [0.15, 0.2) is 29.2 Å². The van der Waals surface area contributed by atoms with Gasteiger partial charge in [-0.1, -0.05) is 36.8 Å². The molecule has 10 heteroatoms. The number of benzene rings is 1. The maximum absolute atomic E-state index is 12.5. The van der Waals surface area contributed by atoms with Gasteiger partial charge in [-0.2, -0.15) is 0 Å². The Morgan fingerprint density at radius 1 is 1.25 bits per heavy atom. The molecular formula is C18H24N4O4S2. The first-order valence-corrected chi connectivity index (χ1v) is 11.4. The zero-order chi connectivity index (χ0) is 20.1. The number of aromatic nitrogens is 1. The van der Waals surface area contributed by atoms with E-state index >= 15 is 0 Å². The lowest BCUT2D eigenvalue weighted by Gasteiger charge is -2.25. The van der Waals surface area contributed by atoms with Crippen LogP contribution in [0, 0.1) is 6.92 Å². The van der Waals surface area contributed by atoms with Crippen molar-refractivity contribution >= 4 is 32.4 Å². The molecule has 0 radical (unpaired) electrons. The number of sulfonamides is 1. The zero-order valence-corrected chi connectivity index (χ0v) is 17.5. The Bertz CT molecular complexity index is 920. The number of aryl methyl sites for hydroxylation is 2. The van der Waals surface area contributed by atoms with Crippen molar-refractivity contribution in [2.75, 3.05) is 31.2 Å². The number of nitrogens with one attached hydrogen (secondary N) is 2. The second-order valence-electron chi connectivity index (χ2n) is 6.46. The fourth-order valence-electron chi connectivity index (χ4n) is 2.84. The van der Waals surface area contributed by atoms with Crippen LogP contribution in [0.2, 0.25) is 0 Å². The van der Waals surface area contributed by atoms with Crippen molar-refractivity contribution in [1.29, 1.82) is 0 Å². The highest BCUT2D eigenvalue weighted by molar-refractivity contribution is 7.89. The summed E-state index contributed by atoms with van der Waals surface area (Å²) in [6.45, 7) is 6.47. The van der Waals surface area contributed by atoms with Gasteiger partial charge < -0.3 is 9.64 Å². The Morgan fingerprint density at radius 2 is 1.93 bits per heavy atom. The van der Waals surface area contributed by atoms with Crippen LogP contribution in [0.3, 0.4) is 0 Å². The minimum atomic E-state index is -3.85. The smallest absolute Gasteiger partial charge is 0.278 e. The van der Waals surface area contributed by atoms with E-state index in [1.807, 2.05) is 0 Å². The van der Waals surface area contributed by atoms with Crippen LogP contribution in [0.5, 0.6) is 0 Å². The first kappa shape index (κ1) is 20.7. The Morgan fingerprint density at radius 3 is 2.57 bits per heavy atom.